The standard InChI is InChI=1S/C26H32O5/c1-6-25(3,4)24(28)30-20-13-11-19(12-14-20)23(27)31-26(7-2)16-8-9-18-10-15-21(29-5)17-22(18)26/h10-15,17H,6-9,16H2,1-5H3. The minimum absolute atomic E-state index is 0.289. The average Bonchev–Trinajstić information content (AvgIpc) is 2.79. The molecule has 0 aliphatic heterocycles. The monoisotopic (exact) mass is 424 g/mol. The molecule has 1 unspecified atom stereocenters. The van der Waals surface area contributed by atoms with Crippen LogP contribution in [0.4, 0.5) is 0 Å². The largest absolute Gasteiger partial charge is 0.497 e. The molecule has 2 aromatic carbocycles. The number of hydrogen-bond acceptors (Lipinski definition) is 5. The number of methoxy groups -OCH3 is 1. The van der Waals surface area contributed by atoms with E-state index in [1.165, 1.54) is 5.56 Å². The summed E-state index contributed by atoms with van der Waals surface area (Å²) in [5.74, 6) is 0.504. The molecule has 2 aromatic rings. The van der Waals surface area contributed by atoms with Gasteiger partial charge in [-0.05, 0) is 87.9 Å². The van der Waals surface area contributed by atoms with Crippen LogP contribution >= 0.6 is 0 Å². The Morgan fingerprint density at radius 1 is 1.03 bits per heavy atom. The number of carbonyl (C=O) groups excluding carboxylic acids is 2. The van der Waals surface area contributed by atoms with Gasteiger partial charge in [-0.25, -0.2) is 4.79 Å². The second-order valence-electron chi connectivity index (χ2n) is 8.77. The Morgan fingerprint density at radius 3 is 2.32 bits per heavy atom. The van der Waals surface area contributed by atoms with Crippen molar-refractivity contribution in [2.24, 2.45) is 5.41 Å². The summed E-state index contributed by atoms with van der Waals surface area (Å²) in [5, 5.41) is 0. The van der Waals surface area contributed by atoms with Crippen LogP contribution in [0.1, 0.15) is 74.9 Å². The molecular formula is C26H32O5. The van der Waals surface area contributed by atoms with Crippen molar-refractivity contribution >= 4 is 11.9 Å². The summed E-state index contributed by atoms with van der Waals surface area (Å²) in [6.45, 7) is 7.69. The molecule has 31 heavy (non-hydrogen) atoms. The Hall–Kier alpha value is -2.82. The van der Waals surface area contributed by atoms with Crippen molar-refractivity contribution in [3.8, 4) is 11.5 Å². The molecule has 0 fully saturated rings. The molecule has 1 aliphatic rings. The van der Waals surface area contributed by atoms with Crippen molar-refractivity contribution in [3.63, 3.8) is 0 Å². The van der Waals surface area contributed by atoms with Gasteiger partial charge in [0.1, 0.15) is 17.1 Å². The predicted octanol–water partition coefficient (Wildman–Crippen LogP) is 5.84. The Bertz CT molecular complexity index is 945. The topological polar surface area (TPSA) is 61.8 Å². The maximum Gasteiger partial charge on any atom is 0.339 e. The highest BCUT2D eigenvalue weighted by molar-refractivity contribution is 5.90. The van der Waals surface area contributed by atoms with Gasteiger partial charge < -0.3 is 14.2 Å². The van der Waals surface area contributed by atoms with Gasteiger partial charge in [0, 0.05) is 5.56 Å². The fraction of sp³-hybridized carbons (Fsp3) is 0.462. The van der Waals surface area contributed by atoms with E-state index in [1.807, 2.05) is 39.8 Å². The quantitative estimate of drug-likeness (QED) is 0.413. The Morgan fingerprint density at radius 2 is 1.71 bits per heavy atom. The van der Waals surface area contributed by atoms with E-state index in [1.54, 1.807) is 31.4 Å². The first-order valence-corrected chi connectivity index (χ1v) is 11.0. The fourth-order valence-electron chi connectivity index (χ4n) is 3.85. The molecule has 0 spiro atoms. The highest BCUT2D eigenvalue weighted by atomic mass is 16.6. The molecule has 5 heteroatoms. The molecule has 0 radical (unpaired) electrons. The van der Waals surface area contributed by atoms with E-state index in [4.69, 9.17) is 14.2 Å². The summed E-state index contributed by atoms with van der Waals surface area (Å²) in [4.78, 5) is 25.3. The third-order valence-electron chi connectivity index (χ3n) is 6.43. The van der Waals surface area contributed by atoms with Crippen LogP contribution < -0.4 is 9.47 Å². The number of fused-ring (bicyclic) bond motifs is 1. The van der Waals surface area contributed by atoms with Gasteiger partial charge in [0.05, 0.1) is 18.1 Å². The Kier molecular flexibility index (Phi) is 6.73. The van der Waals surface area contributed by atoms with Gasteiger partial charge in [-0.3, -0.25) is 4.79 Å². The summed E-state index contributed by atoms with van der Waals surface area (Å²) in [6, 6.07) is 12.6. The van der Waals surface area contributed by atoms with Gasteiger partial charge >= 0.3 is 11.9 Å². The summed E-state index contributed by atoms with van der Waals surface area (Å²) in [7, 11) is 1.64. The average molecular weight is 425 g/mol. The summed E-state index contributed by atoms with van der Waals surface area (Å²) >= 11 is 0. The van der Waals surface area contributed by atoms with E-state index in [9.17, 15) is 9.59 Å². The molecule has 0 bridgehead atoms. The second-order valence-corrected chi connectivity index (χ2v) is 8.77. The lowest BCUT2D eigenvalue weighted by Gasteiger charge is -2.38. The fourth-order valence-corrected chi connectivity index (χ4v) is 3.85. The van der Waals surface area contributed by atoms with Crippen molar-refractivity contribution < 1.29 is 23.8 Å². The highest BCUT2D eigenvalue weighted by Crippen LogP contribution is 2.43. The van der Waals surface area contributed by atoms with E-state index >= 15 is 0 Å². The molecule has 166 valence electrons. The lowest BCUT2D eigenvalue weighted by molar-refractivity contribution is -0.144. The molecule has 0 heterocycles. The van der Waals surface area contributed by atoms with Crippen LogP contribution in [0.3, 0.4) is 0 Å². The number of aryl methyl sites for hydroxylation is 1. The van der Waals surface area contributed by atoms with E-state index in [0.717, 1.165) is 30.6 Å². The minimum atomic E-state index is -0.671. The molecule has 0 aromatic heterocycles. The van der Waals surface area contributed by atoms with Gasteiger partial charge in [0.25, 0.3) is 0 Å². The van der Waals surface area contributed by atoms with Crippen LogP contribution in [0.2, 0.25) is 0 Å². The first kappa shape index (κ1) is 22.9. The lowest BCUT2D eigenvalue weighted by atomic mass is 9.77. The number of esters is 2. The van der Waals surface area contributed by atoms with Crippen LogP contribution in [-0.4, -0.2) is 19.0 Å². The molecule has 1 atom stereocenters. The van der Waals surface area contributed by atoms with Crippen LogP contribution in [0.25, 0.3) is 0 Å². The number of rotatable bonds is 7. The van der Waals surface area contributed by atoms with Gasteiger partial charge in [0.15, 0.2) is 0 Å². The second kappa shape index (κ2) is 9.13. The molecule has 0 N–H and O–H groups in total. The smallest absolute Gasteiger partial charge is 0.339 e. The van der Waals surface area contributed by atoms with E-state index in [0.29, 0.717) is 24.2 Å². The Balaban J connectivity index is 1.79. The first-order valence-electron chi connectivity index (χ1n) is 11.0. The number of ether oxygens (including phenoxy) is 3. The van der Waals surface area contributed by atoms with Gasteiger partial charge in [0.2, 0.25) is 0 Å². The van der Waals surface area contributed by atoms with Gasteiger partial charge in [-0.2, -0.15) is 0 Å². The predicted molar refractivity (Wildman–Crippen MR) is 119 cm³/mol. The summed E-state index contributed by atoms with van der Waals surface area (Å²) < 4.78 is 17.0. The molecular weight excluding hydrogens is 392 g/mol. The maximum atomic E-state index is 13.0. The van der Waals surface area contributed by atoms with Crippen molar-refractivity contribution in [3.05, 3.63) is 59.2 Å². The van der Waals surface area contributed by atoms with Crippen molar-refractivity contribution in [1.29, 1.82) is 0 Å². The molecule has 0 saturated carbocycles. The molecule has 1 aliphatic carbocycles. The normalized spacial score (nSPS) is 18.1. The molecule has 0 saturated heterocycles. The van der Waals surface area contributed by atoms with Gasteiger partial charge in [-0.15, -0.1) is 0 Å². The number of benzene rings is 2. The molecule has 5 nitrogen and oxygen atoms in total. The third kappa shape index (κ3) is 4.76. The SMILES string of the molecule is CCC(C)(C)C(=O)Oc1ccc(C(=O)OC2(CC)CCCc3ccc(OC)cc32)cc1. The summed E-state index contributed by atoms with van der Waals surface area (Å²) in [6.07, 6.45) is 4.06. The van der Waals surface area contributed by atoms with Crippen LogP contribution in [-0.2, 0) is 21.6 Å². The Labute approximate surface area is 184 Å². The summed E-state index contributed by atoms with van der Waals surface area (Å²) in [5.41, 5.74) is 1.43. The highest BCUT2D eigenvalue weighted by Gasteiger charge is 2.39. The van der Waals surface area contributed by atoms with Crippen molar-refractivity contribution in [2.75, 3.05) is 7.11 Å². The molecule has 3 rings (SSSR count). The van der Waals surface area contributed by atoms with Crippen molar-refractivity contribution in [1.82, 2.24) is 0 Å². The van der Waals surface area contributed by atoms with Crippen molar-refractivity contribution in [2.45, 2.75) is 65.4 Å². The lowest BCUT2D eigenvalue weighted by Crippen LogP contribution is -2.35. The number of carbonyl (C=O) groups is 2. The molecule has 0 amide bonds. The van der Waals surface area contributed by atoms with E-state index < -0.39 is 11.0 Å². The van der Waals surface area contributed by atoms with Crippen LogP contribution in [0, 0.1) is 5.41 Å². The third-order valence-corrected chi connectivity index (χ3v) is 6.43. The number of hydrogen-bond donors (Lipinski definition) is 0. The van der Waals surface area contributed by atoms with E-state index in [2.05, 4.69) is 6.07 Å². The first-order chi connectivity index (χ1) is 14.7. The van der Waals surface area contributed by atoms with Crippen LogP contribution in [0.15, 0.2) is 42.5 Å². The maximum absolute atomic E-state index is 13.0. The zero-order chi connectivity index (χ0) is 22.6. The zero-order valence-electron chi connectivity index (χ0n) is 19.1. The van der Waals surface area contributed by atoms with E-state index in [-0.39, 0.29) is 11.9 Å². The minimum Gasteiger partial charge on any atom is -0.497 e. The zero-order valence-corrected chi connectivity index (χ0v) is 19.1. The van der Waals surface area contributed by atoms with Crippen LogP contribution in [0.5, 0.6) is 11.5 Å². The van der Waals surface area contributed by atoms with Gasteiger partial charge in [-0.1, -0.05) is 19.9 Å².